The molecular weight excluding hydrogens is 262 g/mol. The summed E-state index contributed by atoms with van der Waals surface area (Å²) in [6, 6.07) is 8.58. The Kier molecular flexibility index (Phi) is 6.07. The fraction of sp³-hybridized carbons (Fsp3) is 0.667. The van der Waals surface area contributed by atoms with Crippen LogP contribution in [0.25, 0.3) is 0 Å². The fourth-order valence-corrected chi connectivity index (χ4v) is 3.12. The molecule has 1 aliphatic rings. The van der Waals surface area contributed by atoms with Gasteiger partial charge in [0.2, 0.25) is 0 Å². The summed E-state index contributed by atoms with van der Waals surface area (Å²) in [5.41, 5.74) is 1.18. The van der Waals surface area contributed by atoms with Crippen LogP contribution in [0, 0.1) is 12.8 Å². The van der Waals surface area contributed by atoms with Crippen LogP contribution in [0.5, 0.6) is 5.75 Å². The lowest BCUT2D eigenvalue weighted by Crippen LogP contribution is -2.41. The van der Waals surface area contributed by atoms with Crippen molar-refractivity contribution in [2.45, 2.75) is 51.7 Å². The van der Waals surface area contributed by atoms with E-state index in [0.717, 1.165) is 11.7 Å². The first-order chi connectivity index (χ1) is 10.0. The number of hydrogen-bond acceptors (Lipinski definition) is 3. The van der Waals surface area contributed by atoms with Crippen LogP contribution in [-0.4, -0.2) is 42.4 Å². The van der Waals surface area contributed by atoms with Crippen molar-refractivity contribution in [2.75, 3.05) is 20.2 Å². The smallest absolute Gasteiger partial charge is 0.119 e. The number of ether oxygens (including phenoxy) is 1. The maximum absolute atomic E-state index is 10.2. The van der Waals surface area contributed by atoms with Gasteiger partial charge in [0.1, 0.15) is 18.5 Å². The van der Waals surface area contributed by atoms with Gasteiger partial charge in [0.25, 0.3) is 0 Å². The topological polar surface area (TPSA) is 32.7 Å². The first kappa shape index (κ1) is 16.3. The van der Waals surface area contributed by atoms with Gasteiger partial charge in [-0.15, -0.1) is 0 Å². The monoisotopic (exact) mass is 291 g/mol. The van der Waals surface area contributed by atoms with Gasteiger partial charge in [0.15, 0.2) is 0 Å². The van der Waals surface area contributed by atoms with E-state index in [4.69, 9.17) is 4.74 Å². The molecule has 1 aliphatic carbocycles. The van der Waals surface area contributed by atoms with Crippen molar-refractivity contribution in [3.63, 3.8) is 0 Å². The number of aliphatic hydroxyl groups is 1. The van der Waals surface area contributed by atoms with E-state index in [2.05, 4.69) is 18.9 Å². The highest BCUT2D eigenvalue weighted by atomic mass is 16.5. The summed E-state index contributed by atoms with van der Waals surface area (Å²) >= 11 is 0. The van der Waals surface area contributed by atoms with Gasteiger partial charge in [-0.05, 0) is 63.3 Å². The summed E-state index contributed by atoms with van der Waals surface area (Å²) in [5, 5.41) is 10.2. The van der Waals surface area contributed by atoms with E-state index in [1.165, 1.54) is 31.2 Å². The molecule has 0 saturated heterocycles. The van der Waals surface area contributed by atoms with E-state index in [-0.39, 0.29) is 0 Å². The van der Waals surface area contributed by atoms with Crippen LogP contribution in [0.4, 0.5) is 0 Å². The van der Waals surface area contributed by atoms with Crippen molar-refractivity contribution in [1.82, 2.24) is 4.90 Å². The molecule has 118 valence electrons. The first-order valence-electron chi connectivity index (χ1n) is 8.12. The van der Waals surface area contributed by atoms with Gasteiger partial charge in [-0.3, -0.25) is 0 Å². The number of likely N-dealkylation sites (N-methyl/N-ethyl adjacent to an activating group) is 1. The number of nitrogens with zero attached hydrogens (tertiary/aromatic N) is 1. The lowest BCUT2D eigenvalue weighted by Gasteiger charge is -2.34. The predicted molar refractivity (Wildman–Crippen MR) is 86.7 cm³/mol. The van der Waals surface area contributed by atoms with Gasteiger partial charge in [-0.1, -0.05) is 19.1 Å². The van der Waals surface area contributed by atoms with Gasteiger partial charge in [-0.2, -0.15) is 0 Å². The van der Waals surface area contributed by atoms with Gasteiger partial charge < -0.3 is 14.7 Å². The Hall–Kier alpha value is -1.06. The molecule has 2 rings (SSSR count). The average Bonchev–Trinajstić information content (AvgIpc) is 2.46. The van der Waals surface area contributed by atoms with Crippen LogP contribution in [0.1, 0.15) is 38.2 Å². The van der Waals surface area contributed by atoms with E-state index in [9.17, 15) is 5.11 Å². The van der Waals surface area contributed by atoms with E-state index in [1.54, 1.807) is 0 Å². The number of aryl methyl sites for hydroxylation is 1. The van der Waals surface area contributed by atoms with E-state index in [0.29, 0.717) is 19.2 Å². The van der Waals surface area contributed by atoms with Crippen LogP contribution >= 0.6 is 0 Å². The van der Waals surface area contributed by atoms with Crippen molar-refractivity contribution in [2.24, 2.45) is 5.92 Å². The third kappa shape index (κ3) is 5.33. The summed E-state index contributed by atoms with van der Waals surface area (Å²) in [5.74, 6) is 1.70. The molecule has 1 fully saturated rings. The van der Waals surface area contributed by atoms with Crippen molar-refractivity contribution in [3.8, 4) is 5.75 Å². The predicted octanol–water partition coefficient (Wildman–Crippen LogP) is 3.25. The minimum absolute atomic E-state index is 0.358. The summed E-state index contributed by atoms with van der Waals surface area (Å²) in [7, 11) is 2.12. The third-order valence-corrected chi connectivity index (χ3v) is 4.54. The molecule has 1 aromatic carbocycles. The molecule has 0 aliphatic heterocycles. The summed E-state index contributed by atoms with van der Waals surface area (Å²) in [4.78, 5) is 2.30. The van der Waals surface area contributed by atoms with Crippen LogP contribution in [0.3, 0.4) is 0 Å². The second kappa shape index (κ2) is 7.81. The van der Waals surface area contributed by atoms with Gasteiger partial charge in [0.05, 0.1) is 0 Å². The van der Waals surface area contributed by atoms with Crippen molar-refractivity contribution in [3.05, 3.63) is 29.8 Å². The average molecular weight is 291 g/mol. The number of hydrogen-bond donors (Lipinski definition) is 1. The number of aliphatic hydroxyl groups excluding tert-OH is 1. The molecular formula is C18H29NO2. The van der Waals surface area contributed by atoms with Crippen molar-refractivity contribution in [1.29, 1.82) is 0 Å². The van der Waals surface area contributed by atoms with Crippen LogP contribution in [0.15, 0.2) is 24.3 Å². The third-order valence-electron chi connectivity index (χ3n) is 4.54. The lowest BCUT2D eigenvalue weighted by molar-refractivity contribution is 0.0531. The first-order valence-corrected chi connectivity index (χ1v) is 8.12. The Labute approximate surface area is 128 Å². The zero-order chi connectivity index (χ0) is 15.2. The zero-order valence-corrected chi connectivity index (χ0v) is 13.6. The van der Waals surface area contributed by atoms with E-state index in [1.807, 2.05) is 31.2 Å². The normalized spacial score (nSPS) is 24.0. The largest absolute Gasteiger partial charge is 0.491 e. The fourth-order valence-electron chi connectivity index (χ4n) is 3.12. The van der Waals surface area contributed by atoms with Crippen LogP contribution in [0.2, 0.25) is 0 Å². The molecule has 1 aromatic rings. The molecule has 1 unspecified atom stereocenters. The quantitative estimate of drug-likeness (QED) is 0.873. The molecule has 0 heterocycles. The van der Waals surface area contributed by atoms with Gasteiger partial charge in [0, 0.05) is 12.6 Å². The van der Waals surface area contributed by atoms with Crippen LogP contribution in [-0.2, 0) is 0 Å². The molecule has 0 radical (unpaired) electrons. The zero-order valence-electron chi connectivity index (χ0n) is 13.6. The second-order valence-electron chi connectivity index (χ2n) is 6.63. The highest BCUT2D eigenvalue weighted by molar-refractivity contribution is 5.27. The van der Waals surface area contributed by atoms with Crippen molar-refractivity contribution >= 4 is 0 Å². The van der Waals surface area contributed by atoms with Crippen LogP contribution < -0.4 is 4.74 Å². The molecule has 0 aromatic heterocycles. The molecule has 3 nitrogen and oxygen atoms in total. The highest BCUT2D eigenvalue weighted by Crippen LogP contribution is 2.26. The maximum atomic E-state index is 10.2. The standard InChI is InChI=1S/C18H29NO2/c1-14-7-9-16(10-8-14)19(3)12-17(20)13-21-18-6-4-5-15(2)11-18/h4-6,11,14,16-17,20H,7-10,12-13H2,1-3H3. The molecule has 1 N–H and O–H groups in total. The molecule has 1 atom stereocenters. The second-order valence-corrected chi connectivity index (χ2v) is 6.63. The lowest BCUT2D eigenvalue weighted by atomic mass is 9.87. The Bertz CT molecular complexity index is 427. The minimum Gasteiger partial charge on any atom is -0.491 e. The van der Waals surface area contributed by atoms with E-state index < -0.39 is 6.10 Å². The highest BCUT2D eigenvalue weighted by Gasteiger charge is 2.23. The Morgan fingerprint density at radius 2 is 2.00 bits per heavy atom. The SMILES string of the molecule is Cc1cccc(OCC(O)CN(C)C2CCC(C)CC2)c1. The molecule has 0 amide bonds. The summed E-state index contributed by atoms with van der Waals surface area (Å²) < 4.78 is 5.68. The maximum Gasteiger partial charge on any atom is 0.119 e. The van der Waals surface area contributed by atoms with Gasteiger partial charge >= 0.3 is 0 Å². The number of benzene rings is 1. The Balaban J connectivity index is 1.72. The Morgan fingerprint density at radius 1 is 1.29 bits per heavy atom. The number of rotatable bonds is 6. The molecule has 0 spiro atoms. The Morgan fingerprint density at radius 3 is 2.67 bits per heavy atom. The summed E-state index contributed by atoms with van der Waals surface area (Å²) in [6.07, 6.45) is 4.69. The molecule has 21 heavy (non-hydrogen) atoms. The van der Waals surface area contributed by atoms with E-state index >= 15 is 0 Å². The molecule has 0 bridgehead atoms. The summed E-state index contributed by atoms with van der Waals surface area (Å²) in [6.45, 7) is 5.42. The molecule has 1 saturated carbocycles. The molecule has 3 heteroatoms. The minimum atomic E-state index is -0.435. The van der Waals surface area contributed by atoms with Gasteiger partial charge in [-0.25, -0.2) is 0 Å². The van der Waals surface area contributed by atoms with Crippen molar-refractivity contribution < 1.29 is 9.84 Å².